The zero-order valence-electron chi connectivity index (χ0n) is 9.33. The first kappa shape index (κ1) is 13.3. The molecule has 1 unspecified atom stereocenters. The van der Waals surface area contributed by atoms with Gasteiger partial charge in [-0.2, -0.15) is 0 Å². The lowest BCUT2D eigenvalue weighted by molar-refractivity contribution is 0.399. The maximum atomic E-state index is 13.7. The number of benzene rings is 1. The lowest BCUT2D eigenvalue weighted by Crippen LogP contribution is -2.20. The molecule has 16 heavy (non-hydrogen) atoms. The average molecular weight is 246 g/mol. The normalized spacial score (nSPS) is 18.6. The summed E-state index contributed by atoms with van der Waals surface area (Å²) in [6, 6.07) is 3.18. The number of hydrogen-bond donors (Lipinski definition) is 1. The van der Waals surface area contributed by atoms with E-state index in [9.17, 15) is 4.39 Å². The minimum atomic E-state index is -0.138. The largest absolute Gasteiger partial charge is 0.496 e. The van der Waals surface area contributed by atoms with Crippen molar-refractivity contribution in [3.05, 3.63) is 29.1 Å². The van der Waals surface area contributed by atoms with Crippen molar-refractivity contribution < 1.29 is 9.13 Å². The molecule has 0 heterocycles. The maximum Gasteiger partial charge on any atom is 0.127 e. The summed E-state index contributed by atoms with van der Waals surface area (Å²) in [5.74, 6) is 0.814. The fourth-order valence-corrected chi connectivity index (χ4v) is 2.41. The molecule has 0 aliphatic heterocycles. The van der Waals surface area contributed by atoms with Crippen molar-refractivity contribution in [3.63, 3.8) is 0 Å². The van der Waals surface area contributed by atoms with Gasteiger partial charge in [-0.25, -0.2) is 4.39 Å². The van der Waals surface area contributed by atoms with Gasteiger partial charge < -0.3 is 10.5 Å². The third-order valence-corrected chi connectivity index (χ3v) is 3.15. The molecule has 2 N–H and O–H groups in total. The summed E-state index contributed by atoms with van der Waals surface area (Å²) in [6.07, 6.45) is 2.94. The third kappa shape index (κ3) is 2.15. The quantitative estimate of drug-likeness (QED) is 0.870. The molecule has 0 fully saturated rings. The van der Waals surface area contributed by atoms with Gasteiger partial charge >= 0.3 is 0 Å². The van der Waals surface area contributed by atoms with Crippen LogP contribution in [0.2, 0.25) is 0 Å². The zero-order valence-corrected chi connectivity index (χ0v) is 10.1. The smallest absolute Gasteiger partial charge is 0.127 e. The lowest BCUT2D eigenvalue weighted by Gasteiger charge is -2.26. The standard InChI is InChI=1S/C12H16FNO.ClH/c1-15-11-6-5-10(13)12-8(7-14)3-2-4-9(11)12;/h5-6,8H,2-4,7,14H2,1H3;1H. The first-order valence-corrected chi connectivity index (χ1v) is 5.33. The number of methoxy groups -OCH3 is 1. The van der Waals surface area contributed by atoms with E-state index in [1.807, 2.05) is 0 Å². The van der Waals surface area contributed by atoms with E-state index in [-0.39, 0.29) is 24.1 Å². The van der Waals surface area contributed by atoms with Crippen molar-refractivity contribution >= 4 is 12.4 Å². The van der Waals surface area contributed by atoms with E-state index < -0.39 is 0 Å². The van der Waals surface area contributed by atoms with Gasteiger partial charge in [0.2, 0.25) is 0 Å². The van der Waals surface area contributed by atoms with E-state index in [2.05, 4.69) is 0 Å². The molecular formula is C12H17ClFNO. The second-order valence-electron chi connectivity index (χ2n) is 3.97. The highest BCUT2D eigenvalue weighted by Crippen LogP contribution is 2.37. The summed E-state index contributed by atoms with van der Waals surface area (Å²) >= 11 is 0. The Balaban J connectivity index is 0.00000128. The highest BCUT2D eigenvalue weighted by molar-refractivity contribution is 5.85. The Bertz CT molecular complexity index is 370. The molecule has 4 heteroatoms. The van der Waals surface area contributed by atoms with Crippen molar-refractivity contribution in [1.82, 2.24) is 0 Å². The minimum absolute atomic E-state index is 0. The van der Waals surface area contributed by atoms with E-state index in [1.165, 1.54) is 6.07 Å². The molecule has 0 bridgehead atoms. The monoisotopic (exact) mass is 245 g/mol. The zero-order chi connectivity index (χ0) is 10.8. The minimum Gasteiger partial charge on any atom is -0.496 e. The Morgan fingerprint density at radius 1 is 1.50 bits per heavy atom. The number of ether oxygens (including phenoxy) is 1. The van der Waals surface area contributed by atoms with Crippen molar-refractivity contribution in [2.24, 2.45) is 5.73 Å². The third-order valence-electron chi connectivity index (χ3n) is 3.15. The molecule has 0 radical (unpaired) electrons. The van der Waals surface area contributed by atoms with E-state index in [4.69, 9.17) is 10.5 Å². The second kappa shape index (κ2) is 5.51. The molecule has 90 valence electrons. The molecular weight excluding hydrogens is 229 g/mol. The first-order chi connectivity index (χ1) is 7.27. The van der Waals surface area contributed by atoms with Crippen molar-refractivity contribution in [1.29, 1.82) is 0 Å². The molecule has 1 aliphatic carbocycles. The van der Waals surface area contributed by atoms with Crippen LogP contribution in [0.1, 0.15) is 29.9 Å². The second-order valence-corrected chi connectivity index (χ2v) is 3.97. The number of halogens is 2. The van der Waals surface area contributed by atoms with Gasteiger partial charge in [-0.3, -0.25) is 0 Å². The molecule has 0 spiro atoms. The summed E-state index contributed by atoms with van der Waals surface area (Å²) in [5, 5.41) is 0. The summed E-state index contributed by atoms with van der Waals surface area (Å²) in [4.78, 5) is 0. The summed E-state index contributed by atoms with van der Waals surface area (Å²) < 4.78 is 19.0. The molecule has 0 aromatic heterocycles. The number of nitrogens with two attached hydrogens (primary N) is 1. The van der Waals surface area contributed by atoms with E-state index >= 15 is 0 Å². The lowest BCUT2D eigenvalue weighted by atomic mass is 9.82. The molecule has 1 aromatic rings. The SMILES string of the molecule is COc1ccc(F)c2c1CCCC2CN.Cl. The molecule has 1 aliphatic rings. The van der Waals surface area contributed by atoms with Crippen LogP contribution < -0.4 is 10.5 Å². The number of rotatable bonds is 2. The predicted molar refractivity (Wildman–Crippen MR) is 64.9 cm³/mol. The van der Waals surface area contributed by atoms with Crippen molar-refractivity contribution in [2.75, 3.05) is 13.7 Å². The maximum absolute atomic E-state index is 13.7. The van der Waals surface area contributed by atoms with Crippen molar-refractivity contribution in [3.8, 4) is 5.75 Å². The van der Waals surface area contributed by atoms with Crippen LogP contribution in [0.25, 0.3) is 0 Å². The van der Waals surface area contributed by atoms with Gasteiger partial charge in [0.05, 0.1) is 7.11 Å². The van der Waals surface area contributed by atoms with Crippen molar-refractivity contribution in [2.45, 2.75) is 25.2 Å². The van der Waals surface area contributed by atoms with Gasteiger partial charge in [0.25, 0.3) is 0 Å². The topological polar surface area (TPSA) is 35.2 Å². The van der Waals surface area contributed by atoms with Crippen LogP contribution in [0.3, 0.4) is 0 Å². The van der Waals surface area contributed by atoms with Gasteiger partial charge in [0, 0.05) is 5.56 Å². The van der Waals surface area contributed by atoms with E-state index in [0.29, 0.717) is 6.54 Å². The van der Waals surface area contributed by atoms with Gasteiger partial charge in [-0.15, -0.1) is 12.4 Å². The molecule has 2 rings (SSSR count). The highest BCUT2D eigenvalue weighted by atomic mass is 35.5. The van der Waals surface area contributed by atoms with Crippen LogP contribution in [0.15, 0.2) is 12.1 Å². The molecule has 1 aromatic carbocycles. The Kier molecular flexibility index (Phi) is 4.56. The summed E-state index contributed by atoms with van der Waals surface area (Å²) in [5.41, 5.74) is 7.46. The van der Waals surface area contributed by atoms with Crippen LogP contribution in [-0.2, 0) is 6.42 Å². The highest BCUT2D eigenvalue weighted by Gasteiger charge is 2.25. The number of hydrogen-bond acceptors (Lipinski definition) is 2. The molecule has 0 saturated heterocycles. The van der Waals surface area contributed by atoms with E-state index in [1.54, 1.807) is 13.2 Å². The summed E-state index contributed by atoms with van der Waals surface area (Å²) in [6.45, 7) is 0.511. The molecule has 0 amide bonds. The van der Waals surface area contributed by atoms with Crippen LogP contribution in [-0.4, -0.2) is 13.7 Å². The predicted octanol–water partition coefficient (Wildman–Crippen LogP) is 2.63. The Hall–Kier alpha value is -0.800. The van der Waals surface area contributed by atoms with Gasteiger partial charge in [-0.05, 0) is 49.4 Å². The Morgan fingerprint density at radius 2 is 2.25 bits per heavy atom. The van der Waals surface area contributed by atoms with Crippen LogP contribution in [0, 0.1) is 5.82 Å². The van der Waals surface area contributed by atoms with Gasteiger partial charge in [0.15, 0.2) is 0 Å². The van der Waals surface area contributed by atoms with Gasteiger partial charge in [-0.1, -0.05) is 0 Å². The molecule has 2 nitrogen and oxygen atoms in total. The average Bonchev–Trinajstić information content (AvgIpc) is 2.29. The molecule has 1 atom stereocenters. The van der Waals surface area contributed by atoms with Crippen LogP contribution in [0.4, 0.5) is 4.39 Å². The fourth-order valence-electron chi connectivity index (χ4n) is 2.41. The summed E-state index contributed by atoms with van der Waals surface area (Å²) in [7, 11) is 1.62. The Morgan fingerprint density at radius 3 is 2.88 bits per heavy atom. The Labute approximate surface area is 101 Å². The first-order valence-electron chi connectivity index (χ1n) is 5.33. The van der Waals surface area contributed by atoms with E-state index in [0.717, 1.165) is 36.1 Å². The number of fused-ring (bicyclic) bond motifs is 1. The fraction of sp³-hybridized carbons (Fsp3) is 0.500. The van der Waals surface area contributed by atoms with Crippen LogP contribution in [0.5, 0.6) is 5.75 Å². The van der Waals surface area contributed by atoms with Crippen LogP contribution >= 0.6 is 12.4 Å². The van der Waals surface area contributed by atoms with Gasteiger partial charge in [0.1, 0.15) is 11.6 Å². The molecule has 0 saturated carbocycles.